The highest BCUT2D eigenvalue weighted by atomic mass is 35.5. The molecule has 0 saturated carbocycles. The van der Waals surface area contributed by atoms with E-state index in [0.29, 0.717) is 6.42 Å². The molecule has 0 spiro atoms. The van der Waals surface area contributed by atoms with Crippen molar-refractivity contribution in [3.63, 3.8) is 0 Å². The van der Waals surface area contributed by atoms with Gasteiger partial charge >= 0.3 is 0 Å². The van der Waals surface area contributed by atoms with Crippen LogP contribution >= 0.6 is 34.3 Å². The molecule has 0 saturated heterocycles. The Morgan fingerprint density at radius 2 is 2.21 bits per heavy atom. The summed E-state index contributed by atoms with van der Waals surface area (Å²) in [6.45, 7) is 0. The Hall–Kier alpha value is -0.350. The molecule has 0 aliphatic carbocycles. The predicted molar refractivity (Wildman–Crippen MR) is 62.3 cm³/mol. The summed E-state index contributed by atoms with van der Waals surface area (Å²) in [7, 11) is 0. The van der Waals surface area contributed by atoms with Gasteiger partial charge in [0.25, 0.3) is 0 Å². The van der Waals surface area contributed by atoms with Crippen LogP contribution < -0.4 is 0 Å². The van der Waals surface area contributed by atoms with Gasteiger partial charge in [-0.3, -0.25) is 0 Å². The van der Waals surface area contributed by atoms with Crippen LogP contribution in [0.2, 0.25) is 4.34 Å². The van der Waals surface area contributed by atoms with Crippen LogP contribution in [0.1, 0.15) is 15.9 Å². The molecule has 2 heterocycles. The topological polar surface area (TPSA) is 20.2 Å². The maximum Gasteiger partial charge on any atom is 0.0932 e. The minimum absolute atomic E-state index is 0.425. The molecule has 1 unspecified atom stereocenters. The van der Waals surface area contributed by atoms with Crippen molar-refractivity contribution in [1.82, 2.24) is 0 Å². The number of halogens is 1. The molecule has 1 atom stereocenters. The van der Waals surface area contributed by atoms with Gasteiger partial charge in [-0.05, 0) is 23.6 Å². The van der Waals surface area contributed by atoms with Gasteiger partial charge in [0.1, 0.15) is 0 Å². The van der Waals surface area contributed by atoms with Crippen LogP contribution in [0.3, 0.4) is 0 Å². The van der Waals surface area contributed by atoms with Gasteiger partial charge in [0.2, 0.25) is 0 Å². The molecule has 0 aromatic carbocycles. The van der Waals surface area contributed by atoms with Gasteiger partial charge in [0, 0.05) is 16.2 Å². The second kappa shape index (κ2) is 4.45. The zero-order chi connectivity index (χ0) is 9.97. The van der Waals surface area contributed by atoms with Crippen molar-refractivity contribution < 1.29 is 5.11 Å². The number of hydrogen-bond acceptors (Lipinski definition) is 3. The second-order valence-corrected chi connectivity index (χ2v) is 5.72. The Balaban J connectivity index is 2.06. The Morgan fingerprint density at radius 1 is 1.36 bits per heavy atom. The van der Waals surface area contributed by atoms with E-state index in [1.165, 1.54) is 16.2 Å². The SMILES string of the molecule is OC(Cc1cccs1)c1ccc(Cl)s1. The highest BCUT2D eigenvalue weighted by Crippen LogP contribution is 2.29. The molecule has 0 amide bonds. The van der Waals surface area contributed by atoms with Crippen molar-refractivity contribution >= 4 is 34.3 Å². The normalized spacial score (nSPS) is 13.0. The van der Waals surface area contributed by atoms with Crippen molar-refractivity contribution in [1.29, 1.82) is 0 Å². The van der Waals surface area contributed by atoms with E-state index in [0.717, 1.165) is 9.21 Å². The molecule has 74 valence electrons. The molecule has 14 heavy (non-hydrogen) atoms. The van der Waals surface area contributed by atoms with Crippen molar-refractivity contribution in [2.75, 3.05) is 0 Å². The summed E-state index contributed by atoms with van der Waals surface area (Å²) in [6, 6.07) is 7.72. The first-order chi connectivity index (χ1) is 6.75. The molecule has 0 radical (unpaired) electrons. The van der Waals surface area contributed by atoms with Crippen molar-refractivity contribution in [2.24, 2.45) is 0 Å². The van der Waals surface area contributed by atoms with Crippen LogP contribution in [0.25, 0.3) is 0 Å². The summed E-state index contributed by atoms with van der Waals surface area (Å²) in [5.41, 5.74) is 0. The van der Waals surface area contributed by atoms with Gasteiger partial charge in [-0.15, -0.1) is 22.7 Å². The minimum Gasteiger partial charge on any atom is -0.387 e. The number of rotatable bonds is 3. The summed E-state index contributed by atoms with van der Waals surface area (Å²) in [5.74, 6) is 0. The van der Waals surface area contributed by atoms with Gasteiger partial charge in [0.05, 0.1) is 10.4 Å². The van der Waals surface area contributed by atoms with E-state index in [2.05, 4.69) is 0 Å². The fourth-order valence-electron chi connectivity index (χ4n) is 1.23. The molecule has 0 aliphatic rings. The lowest BCUT2D eigenvalue weighted by atomic mass is 10.2. The average molecular weight is 245 g/mol. The van der Waals surface area contributed by atoms with Crippen LogP contribution in [0, 0.1) is 0 Å². The standard InChI is InChI=1S/C10H9ClOS2/c11-10-4-3-9(14-10)8(12)6-7-2-1-5-13-7/h1-5,8,12H,6H2. The smallest absolute Gasteiger partial charge is 0.0932 e. The molecular weight excluding hydrogens is 236 g/mol. The van der Waals surface area contributed by atoms with Gasteiger partial charge in [-0.1, -0.05) is 17.7 Å². The first-order valence-electron chi connectivity index (χ1n) is 4.21. The molecule has 0 aliphatic heterocycles. The number of thiophene rings is 2. The molecule has 2 aromatic heterocycles. The predicted octanol–water partition coefficient (Wildman–Crippen LogP) is 3.74. The van der Waals surface area contributed by atoms with Crippen LogP contribution in [-0.4, -0.2) is 5.11 Å². The zero-order valence-corrected chi connectivity index (χ0v) is 9.70. The molecule has 0 bridgehead atoms. The molecule has 4 heteroatoms. The van der Waals surface area contributed by atoms with Crippen molar-refractivity contribution in [2.45, 2.75) is 12.5 Å². The third-order valence-electron chi connectivity index (χ3n) is 1.90. The van der Waals surface area contributed by atoms with E-state index >= 15 is 0 Å². The third-order valence-corrected chi connectivity index (χ3v) is 4.13. The van der Waals surface area contributed by atoms with Crippen LogP contribution in [-0.2, 0) is 6.42 Å². The molecule has 2 aromatic rings. The Bertz CT molecular complexity index is 394. The zero-order valence-electron chi connectivity index (χ0n) is 7.31. The van der Waals surface area contributed by atoms with E-state index in [9.17, 15) is 5.11 Å². The summed E-state index contributed by atoms with van der Waals surface area (Å²) >= 11 is 8.90. The summed E-state index contributed by atoms with van der Waals surface area (Å²) in [5, 5.41) is 11.9. The third kappa shape index (κ3) is 2.36. The molecular formula is C10H9ClOS2. The Labute approximate surface area is 95.6 Å². The number of hydrogen-bond donors (Lipinski definition) is 1. The van der Waals surface area contributed by atoms with E-state index in [1.807, 2.05) is 29.6 Å². The maximum absolute atomic E-state index is 9.86. The van der Waals surface area contributed by atoms with Crippen LogP contribution in [0.4, 0.5) is 0 Å². The first-order valence-corrected chi connectivity index (χ1v) is 6.29. The van der Waals surface area contributed by atoms with Gasteiger partial charge < -0.3 is 5.11 Å². The quantitative estimate of drug-likeness (QED) is 0.872. The van der Waals surface area contributed by atoms with Crippen LogP contribution in [0.15, 0.2) is 29.6 Å². The Morgan fingerprint density at radius 3 is 2.79 bits per heavy atom. The summed E-state index contributed by atoms with van der Waals surface area (Å²) in [4.78, 5) is 2.13. The molecule has 1 N–H and O–H groups in total. The van der Waals surface area contributed by atoms with Gasteiger partial charge in [-0.2, -0.15) is 0 Å². The highest BCUT2D eigenvalue weighted by Gasteiger charge is 2.11. The van der Waals surface area contributed by atoms with Crippen molar-refractivity contribution in [3.8, 4) is 0 Å². The summed E-state index contributed by atoms with van der Waals surface area (Å²) in [6.07, 6.45) is 0.250. The van der Waals surface area contributed by atoms with E-state index < -0.39 is 6.10 Å². The molecule has 0 fully saturated rings. The fourth-order valence-corrected chi connectivity index (χ4v) is 3.02. The lowest BCUT2D eigenvalue weighted by molar-refractivity contribution is 0.183. The Kier molecular flexibility index (Phi) is 3.23. The highest BCUT2D eigenvalue weighted by molar-refractivity contribution is 7.16. The minimum atomic E-state index is -0.425. The monoisotopic (exact) mass is 244 g/mol. The van der Waals surface area contributed by atoms with E-state index in [1.54, 1.807) is 11.3 Å². The molecule has 1 nitrogen and oxygen atoms in total. The molecule has 2 rings (SSSR count). The lowest BCUT2D eigenvalue weighted by Gasteiger charge is -2.05. The largest absolute Gasteiger partial charge is 0.387 e. The first kappa shape index (κ1) is 10.2. The number of aliphatic hydroxyl groups is 1. The average Bonchev–Trinajstić information content (AvgIpc) is 2.75. The van der Waals surface area contributed by atoms with Crippen molar-refractivity contribution in [3.05, 3.63) is 43.7 Å². The van der Waals surface area contributed by atoms with Gasteiger partial charge in [0.15, 0.2) is 0 Å². The second-order valence-electron chi connectivity index (χ2n) is 2.94. The number of aliphatic hydroxyl groups excluding tert-OH is 1. The fraction of sp³-hybridized carbons (Fsp3) is 0.200. The van der Waals surface area contributed by atoms with E-state index in [4.69, 9.17) is 11.6 Å². The lowest BCUT2D eigenvalue weighted by Crippen LogP contribution is -1.97. The summed E-state index contributed by atoms with van der Waals surface area (Å²) < 4.78 is 0.727. The maximum atomic E-state index is 9.86. The van der Waals surface area contributed by atoms with E-state index in [-0.39, 0.29) is 0 Å². The van der Waals surface area contributed by atoms with Gasteiger partial charge in [-0.25, -0.2) is 0 Å². The van der Waals surface area contributed by atoms with Crippen LogP contribution in [0.5, 0.6) is 0 Å².